The van der Waals surface area contributed by atoms with Crippen LogP contribution in [0.1, 0.15) is 53.5 Å². The lowest BCUT2D eigenvalue weighted by atomic mass is 10.2. The van der Waals surface area contributed by atoms with Crippen LogP contribution in [0.4, 0.5) is 11.5 Å². The van der Waals surface area contributed by atoms with E-state index in [0.717, 1.165) is 31.4 Å². The van der Waals surface area contributed by atoms with Crippen molar-refractivity contribution in [1.29, 1.82) is 0 Å². The highest BCUT2D eigenvalue weighted by molar-refractivity contribution is 5.92. The van der Waals surface area contributed by atoms with Crippen LogP contribution in [0, 0.1) is 0 Å². The molecule has 1 heterocycles. The van der Waals surface area contributed by atoms with Crippen molar-refractivity contribution >= 4 is 23.4 Å². The number of carbonyl (C=O) groups is 2. The highest BCUT2D eigenvalue weighted by atomic mass is 16.5. The topological polar surface area (TPSA) is 93.2 Å². The second-order valence-electron chi connectivity index (χ2n) is 6.16. The van der Waals surface area contributed by atoms with Crippen molar-refractivity contribution in [2.75, 3.05) is 11.9 Å². The monoisotopic (exact) mass is 354 g/mol. The van der Waals surface area contributed by atoms with Gasteiger partial charge in [0.05, 0.1) is 24.6 Å². The number of anilines is 2. The number of hydrogen-bond donors (Lipinski definition) is 2. The lowest BCUT2D eigenvalue weighted by molar-refractivity contribution is 0.0526. The number of aromatic nitrogens is 2. The van der Waals surface area contributed by atoms with Crippen LogP contribution in [0.2, 0.25) is 0 Å². The molecule has 3 rings (SSSR count). The first-order chi connectivity index (χ1) is 12.7. The highest BCUT2D eigenvalue weighted by Crippen LogP contribution is 2.18. The minimum atomic E-state index is -0.350. The number of nitrogens with one attached hydrogen (secondary N) is 2. The van der Waals surface area contributed by atoms with Crippen LogP contribution in [0.25, 0.3) is 0 Å². The van der Waals surface area contributed by atoms with E-state index in [-0.39, 0.29) is 17.9 Å². The number of benzene rings is 1. The Morgan fingerprint density at radius 1 is 1.12 bits per heavy atom. The Balaban J connectivity index is 1.58. The van der Waals surface area contributed by atoms with Crippen LogP contribution in [0.15, 0.2) is 36.7 Å². The Kier molecular flexibility index (Phi) is 5.78. The lowest BCUT2D eigenvalue weighted by Gasteiger charge is -2.11. The second-order valence-corrected chi connectivity index (χ2v) is 6.16. The molecule has 0 radical (unpaired) electrons. The van der Waals surface area contributed by atoms with Gasteiger partial charge in [-0.3, -0.25) is 4.79 Å². The Morgan fingerprint density at radius 2 is 1.85 bits per heavy atom. The summed E-state index contributed by atoms with van der Waals surface area (Å²) in [5.41, 5.74) is 1.55. The molecule has 0 spiro atoms. The van der Waals surface area contributed by atoms with Crippen molar-refractivity contribution in [3.8, 4) is 0 Å². The van der Waals surface area contributed by atoms with Crippen LogP contribution >= 0.6 is 0 Å². The molecule has 0 atom stereocenters. The summed E-state index contributed by atoms with van der Waals surface area (Å²) in [6.45, 7) is 2.11. The highest BCUT2D eigenvalue weighted by Gasteiger charge is 2.18. The van der Waals surface area contributed by atoms with E-state index < -0.39 is 0 Å². The molecule has 0 saturated heterocycles. The molecule has 1 aromatic carbocycles. The summed E-state index contributed by atoms with van der Waals surface area (Å²) >= 11 is 0. The normalized spacial score (nSPS) is 14.0. The molecular weight excluding hydrogens is 332 g/mol. The van der Waals surface area contributed by atoms with Gasteiger partial charge in [-0.25, -0.2) is 14.8 Å². The Morgan fingerprint density at radius 3 is 2.46 bits per heavy atom. The van der Waals surface area contributed by atoms with Crippen molar-refractivity contribution in [3.05, 3.63) is 47.9 Å². The molecule has 0 bridgehead atoms. The molecule has 7 heteroatoms. The van der Waals surface area contributed by atoms with E-state index in [1.54, 1.807) is 31.2 Å². The fourth-order valence-electron chi connectivity index (χ4n) is 2.89. The standard InChI is InChI=1S/C19H22N4O3/c1-2-26-19(25)13-7-9-15(10-8-13)22-17-12-20-16(11-21-17)18(24)23-14-5-3-4-6-14/h7-12,14H,2-6H2,1H3,(H,21,22)(H,23,24). The summed E-state index contributed by atoms with van der Waals surface area (Å²) < 4.78 is 4.95. The van der Waals surface area contributed by atoms with Crippen molar-refractivity contribution in [2.45, 2.75) is 38.6 Å². The predicted molar refractivity (Wildman–Crippen MR) is 97.4 cm³/mol. The van der Waals surface area contributed by atoms with Gasteiger partial charge in [-0.1, -0.05) is 12.8 Å². The van der Waals surface area contributed by atoms with E-state index in [1.807, 2.05) is 0 Å². The molecule has 2 aromatic rings. The van der Waals surface area contributed by atoms with Crippen LogP contribution in [0.3, 0.4) is 0 Å². The quantitative estimate of drug-likeness (QED) is 0.775. The van der Waals surface area contributed by atoms with Gasteiger partial charge in [0.2, 0.25) is 0 Å². The van der Waals surface area contributed by atoms with Crippen LogP contribution < -0.4 is 10.6 Å². The molecule has 26 heavy (non-hydrogen) atoms. The number of amides is 1. The molecule has 0 unspecified atom stereocenters. The summed E-state index contributed by atoms with van der Waals surface area (Å²) in [6, 6.07) is 7.12. The summed E-state index contributed by atoms with van der Waals surface area (Å²) in [5.74, 6) is -0.0162. The smallest absolute Gasteiger partial charge is 0.338 e. The molecule has 1 saturated carbocycles. The van der Waals surface area contributed by atoms with Gasteiger partial charge in [0, 0.05) is 11.7 Å². The molecule has 1 amide bonds. The van der Waals surface area contributed by atoms with E-state index in [1.165, 1.54) is 12.4 Å². The van der Waals surface area contributed by atoms with Gasteiger partial charge in [-0.15, -0.1) is 0 Å². The molecule has 1 fully saturated rings. The zero-order valence-corrected chi connectivity index (χ0v) is 14.7. The van der Waals surface area contributed by atoms with Crippen molar-refractivity contribution in [2.24, 2.45) is 0 Å². The van der Waals surface area contributed by atoms with Gasteiger partial charge < -0.3 is 15.4 Å². The van der Waals surface area contributed by atoms with Gasteiger partial charge >= 0.3 is 5.97 Å². The number of esters is 1. The molecular formula is C19H22N4O3. The molecule has 7 nitrogen and oxygen atoms in total. The minimum absolute atomic E-state index is 0.185. The fraction of sp³-hybridized carbons (Fsp3) is 0.368. The third kappa shape index (κ3) is 4.56. The van der Waals surface area contributed by atoms with E-state index in [0.29, 0.717) is 23.7 Å². The first-order valence-electron chi connectivity index (χ1n) is 8.83. The van der Waals surface area contributed by atoms with Gasteiger partial charge in [-0.05, 0) is 44.0 Å². The maximum absolute atomic E-state index is 12.1. The van der Waals surface area contributed by atoms with Crippen molar-refractivity contribution in [3.63, 3.8) is 0 Å². The van der Waals surface area contributed by atoms with Crippen molar-refractivity contribution < 1.29 is 14.3 Å². The first kappa shape index (κ1) is 17.8. The molecule has 2 N–H and O–H groups in total. The Labute approximate surface area is 152 Å². The minimum Gasteiger partial charge on any atom is -0.462 e. The third-order valence-electron chi connectivity index (χ3n) is 4.24. The van der Waals surface area contributed by atoms with Crippen LogP contribution in [-0.4, -0.2) is 34.5 Å². The zero-order chi connectivity index (χ0) is 18.4. The lowest BCUT2D eigenvalue weighted by Crippen LogP contribution is -2.33. The van der Waals surface area contributed by atoms with Gasteiger partial charge in [0.25, 0.3) is 5.91 Å². The number of nitrogens with zero attached hydrogens (tertiary/aromatic N) is 2. The van der Waals surface area contributed by atoms with Crippen LogP contribution in [0.5, 0.6) is 0 Å². The summed E-state index contributed by atoms with van der Waals surface area (Å²) in [4.78, 5) is 32.2. The fourth-order valence-corrected chi connectivity index (χ4v) is 2.89. The average molecular weight is 354 g/mol. The average Bonchev–Trinajstić information content (AvgIpc) is 3.16. The SMILES string of the molecule is CCOC(=O)c1ccc(Nc2cnc(C(=O)NC3CCCC3)cn2)cc1. The third-order valence-corrected chi connectivity index (χ3v) is 4.24. The Bertz CT molecular complexity index is 753. The van der Waals surface area contributed by atoms with Gasteiger partial charge in [0.1, 0.15) is 11.5 Å². The largest absolute Gasteiger partial charge is 0.462 e. The molecule has 136 valence electrons. The molecule has 1 aliphatic rings. The Hall–Kier alpha value is -2.96. The molecule has 1 aliphatic carbocycles. The number of hydrogen-bond acceptors (Lipinski definition) is 6. The zero-order valence-electron chi connectivity index (χ0n) is 14.7. The second kappa shape index (κ2) is 8.42. The number of ether oxygens (including phenoxy) is 1. The number of carbonyl (C=O) groups excluding carboxylic acids is 2. The van der Waals surface area contributed by atoms with Crippen LogP contribution in [-0.2, 0) is 4.74 Å². The maximum atomic E-state index is 12.1. The molecule has 0 aliphatic heterocycles. The predicted octanol–water partition coefficient (Wildman–Crippen LogP) is 3.07. The number of rotatable bonds is 6. The summed E-state index contributed by atoms with van der Waals surface area (Å²) in [7, 11) is 0. The van der Waals surface area contributed by atoms with Crippen molar-refractivity contribution in [1.82, 2.24) is 15.3 Å². The first-order valence-corrected chi connectivity index (χ1v) is 8.83. The van der Waals surface area contributed by atoms with E-state index in [2.05, 4.69) is 20.6 Å². The maximum Gasteiger partial charge on any atom is 0.338 e. The van der Waals surface area contributed by atoms with E-state index in [9.17, 15) is 9.59 Å². The summed E-state index contributed by atoms with van der Waals surface area (Å²) in [5, 5.41) is 6.07. The molecule has 1 aromatic heterocycles. The van der Waals surface area contributed by atoms with Gasteiger partial charge in [0.15, 0.2) is 0 Å². The van der Waals surface area contributed by atoms with E-state index in [4.69, 9.17) is 4.74 Å². The van der Waals surface area contributed by atoms with E-state index >= 15 is 0 Å². The summed E-state index contributed by atoms with van der Waals surface area (Å²) in [6.07, 6.45) is 7.35. The van der Waals surface area contributed by atoms with Gasteiger partial charge in [-0.2, -0.15) is 0 Å².